The Morgan fingerprint density at radius 2 is 1.87 bits per heavy atom. The Morgan fingerprint density at radius 3 is 2.58 bits per heavy atom. The van der Waals surface area contributed by atoms with Crippen molar-refractivity contribution in [2.75, 3.05) is 5.32 Å². The number of aromatic nitrogens is 3. The lowest BCUT2D eigenvalue weighted by Gasteiger charge is -2.18. The van der Waals surface area contributed by atoms with Crippen LogP contribution in [0.4, 0.5) is 10.1 Å². The Morgan fingerprint density at radius 1 is 1.06 bits per heavy atom. The van der Waals surface area contributed by atoms with E-state index in [1.54, 1.807) is 30.5 Å². The number of anilines is 1. The number of nitrogens with zero attached hydrogens (tertiary/aromatic N) is 3. The first-order valence-corrected chi connectivity index (χ1v) is 9.77. The molecule has 2 heterocycles. The lowest BCUT2D eigenvalue weighted by atomic mass is 10.1. The normalized spacial score (nSPS) is 11.6. The Labute approximate surface area is 178 Å². The van der Waals surface area contributed by atoms with Gasteiger partial charge in [-0.1, -0.05) is 30.3 Å². The summed E-state index contributed by atoms with van der Waals surface area (Å²) in [6.07, 6.45) is 4.58. The molecule has 0 aliphatic rings. The van der Waals surface area contributed by atoms with Crippen molar-refractivity contribution in [3.8, 4) is 16.9 Å². The van der Waals surface area contributed by atoms with Crippen LogP contribution in [0.1, 0.15) is 18.2 Å². The number of halogens is 1. The van der Waals surface area contributed by atoms with Crippen molar-refractivity contribution in [1.29, 1.82) is 5.41 Å². The maximum absolute atomic E-state index is 14.9. The molecule has 0 bridgehead atoms. The molecule has 154 valence electrons. The average Bonchev–Trinajstić information content (AvgIpc) is 2.80. The summed E-state index contributed by atoms with van der Waals surface area (Å²) >= 11 is 0. The largest absolute Gasteiger partial charge is 0.376 e. The molecule has 7 heteroatoms. The van der Waals surface area contributed by atoms with E-state index in [4.69, 9.17) is 5.41 Å². The third kappa shape index (κ3) is 4.56. The maximum Gasteiger partial charge on any atom is 0.205 e. The van der Waals surface area contributed by atoms with Crippen LogP contribution in [-0.4, -0.2) is 21.0 Å². The van der Waals surface area contributed by atoms with Crippen LogP contribution < -0.4 is 10.7 Å². The predicted molar refractivity (Wildman–Crippen MR) is 119 cm³/mol. The topological polar surface area (TPSA) is 83.7 Å². The van der Waals surface area contributed by atoms with Crippen LogP contribution in [-0.2, 0) is 0 Å². The van der Waals surface area contributed by atoms with Gasteiger partial charge in [0.25, 0.3) is 0 Å². The van der Waals surface area contributed by atoms with Crippen LogP contribution in [0.5, 0.6) is 0 Å². The van der Waals surface area contributed by atoms with Gasteiger partial charge in [0.05, 0.1) is 11.7 Å². The third-order valence-electron chi connectivity index (χ3n) is 4.79. The van der Waals surface area contributed by atoms with Crippen molar-refractivity contribution < 1.29 is 4.39 Å². The van der Waals surface area contributed by atoms with Crippen molar-refractivity contribution in [2.24, 2.45) is 0 Å². The van der Waals surface area contributed by atoms with Crippen LogP contribution in [0.15, 0.2) is 90.0 Å². The maximum atomic E-state index is 14.9. The van der Waals surface area contributed by atoms with Crippen LogP contribution in [0.2, 0.25) is 0 Å². The van der Waals surface area contributed by atoms with E-state index in [0.717, 1.165) is 5.69 Å². The first-order chi connectivity index (χ1) is 15.2. The number of pyridine rings is 1. The van der Waals surface area contributed by atoms with Crippen LogP contribution >= 0.6 is 0 Å². The molecule has 0 aliphatic heterocycles. The molecule has 1 atom stereocenters. The molecule has 2 N–H and O–H groups in total. The summed E-state index contributed by atoms with van der Waals surface area (Å²) in [6, 6.07) is 20.4. The molecule has 4 aromatic rings. The summed E-state index contributed by atoms with van der Waals surface area (Å²) in [5.74, 6) is -0.482. The fourth-order valence-electron chi connectivity index (χ4n) is 3.28. The van der Waals surface area contributed by atoms with Gasteiger partial charge in [-0.05, 0) is 42.6 Å². The van der Waals surface area contributed by atoms with E-state index >= 15 is 0 Å². The second kappa shape index (κ2) is 9.13. The first-order valence-electron chi connectivity index (χ1n) is 9.77. The van der Waals surface area contributed by atoms with Gasteiger partial charge in [0.2, 0.25) is 5.43 Å². The Hall–Kier alpha value is -4.13. The molecule has 0 saturated heterocycles. The van der Waals surface area contributed by atoms with Crippen LogP contribution in [0.25, 0.3) is 16.9 Å². The van der Waals surface area contributed by atoms with Gasteiger partial charge < -0.3 is 10.7 Å². The van der Waals surface area contributed by atoms with Crippen molar-refractivity contribution in [1.82, 2.24) is 14.8 Å². The van der Waals surface area contributed by atoms with E-state index in [-0.39, 0.29) is 23.2 Å². The van der Waals surface area contributed by atoms with E-state index in [1.165, 1.54) is 29.2 Å². The van der Waals surface area contributed by atoms with Gasteiger partial charge in [-0.2, -0.15) is 5.10 Å². The fourth-order valence-corrected chi connectivity index (χ4v) is 3.28. The summed E-state index contributed by atoms with van der Waals surface area (Å²) in [4.78, 5) is 16.8. The summed E-state index contributed by atoms with van der Waals surface area (Å²) in [7, 11) is 0. The molecule has 0 radical (unpaired) electrons. The minimum atomic E-state index is -0.518. The average molecular weight is 413 g/mol. The number of rotatable bonds is 7. The molecule has 2 aromatic heterocycles. The number of hydrogen-bond acceptors (Lipinski definition) is 5. The molecule has 4 rings (SSSR count). The SMILES string of the molecule is N=CCC(Nc1ccccc1)c1nn(-c2ccc(-c3ccccn3)cc2F)ccc1=O. The van der Waals surface area contributed by atoms with E-state index in [0.29, 0.717) is 11.3 Å². The summed E-state index contributed by atoms with van der Waals surface area (Å²) in [5, 5.41) is 15.1. The van der Waals surface area contributed by atoms with E-state index < -0.39 is 11.9 Å². The molecule has 0 spiro atoms. The lowest BCUT2D eigenvalue weighted by molar-refractivity contribution is 0.602. The van der Waals surface area contributed by atoms with E-state index in [9.17, 15) is 9.18 Å². The molecule has 31 heavy (non-hydrogen) atoms. The van der Waals surface area contributed by atoms with Gasteiger partial charge in [0.15, 0.2) is 0 Å². The summed E-state index contributed by atoms with van der Waals surface area (Å²) < 4.78 is 16.3. The highest BCUT2D eigenvalue weighted by Crippen LogP contribution is 2.23. The number of para-hydroxylation sites is 1. The standard InChI is InChI=1S/C24H20FN5O/c25-19-16-17(20-8-4-5-14-27-20)9-10-22(19)30-15-12-23(31)24(29-30)21(11-13-26)28-18-6-2-1-3-7-18/h1-10,12-16,21,26,28H,11H2. The minimum Gasteiger partial charge on any atom is -0.376 e. The minimum absolute atomic E-state index is 0.211. The van der Waals surface area contributed by atoms with E-state index in [1.807, 2.05) is 36.4 Å². The Kier molecular flexibility index (Phi) is 5.93. The van der Waals surface area contributed by atoms with Crippen molar-refractivity contribution >= 4 is 11.9 Å². The van der Waals surface area contributed by atoms with Gasteiger partial charge in [-0.15, -0.1) is 0 Å². The Balaban J connectivity index is 1.70. The summed E-state index contributed by atoms with van der Waals surface area (Å²) in [6.45, 7) is 0. The van der Waals surface area contributed by atoms with Crippen molar-refractivity contribution in [3.63, 3.8) is 0 Å². The zero-order valence-corrected chi connectivity index (χ0v) is 16.6. The molecule has 0 fully saturated rings. The van der Waals surface area contributed by atoms with Gasteiger partial charge >= 0.3 is 0 Å². The number of benzene rings is 2. The molecule has 6 nitrogen and oxygen atoms in total. The number of nitrogens with one attached hydrogen (secondary N) is 2. The van der Waals surface area contributed by atoms with Crippen molar-refractivity contribution in [2.45, 2.75) is 12.5 Å². The summed E-state index contributed by atoms with van der Waals surface area (Å²) in [5.41, 5.74) is 2.27. The molecular formula is C24H20FN5O. The van der Waals surface area contributed by atoms with E-state index in [2.05, 4.69) is 15.4 Å². The van der Waals surface area contributed by atoms with Gasteiger partial charge in [-0.3, -0.25) is 9.78 Å². The van der Waals surface area contributed by atoms with Crippen LogP contribution in [0.3, 0.4) is 0 Å². The highest BCUT2D eigenvalue weighted by molar-refractivity contribution is 5.61. The van der Waals surface area contributed by atoms with Gasteiger partial charge in [-0.25, -0.2) is 9.07 Å². The monoisotopic (exact) mass is 413 g/mol. The second-order valence-corrected chi connectivity index (χ2v) is 6.89. The highest BCUT2D eigenvalue weighted by atomic mass is 19.1. The molecule has 2 aromatic carbocycles. The number of hydrogen-bond donors (Lipinski definition) is 2. The molecular weight excluding hydrogens is 393 g/mol. The zero-order chi connectivity index (χ0) is 21.6. The third-order valence-corrected chi connectivity index (χ3v) is 4.79. The smallest absolute Gasteiger partial charge is 0.205 e. The molecule has 0 aliphatic carbocycles. The second-order valence-electron chi connectivity index (χ2n) is 6.89. The van der Waals surface area contributed by atoms with Gasteiger partial charge in [0, 0.05) is 36.1 Å². The van der Waals surface area contributed by atoms with Gasteiger partial charge in [0.1, 0.15) is 17.2 Å². The zero-order valence-electron chi connectivity index (χ0n) is 16.6. The predicted octanol–water partition coefficient (Wildman–Crippen LogP) is 4.63. The molecule has 0 amide bonds. The molecule has 1 unspecified atom stereocenters. The van der Waals surface area contributed by atoms with Crippen LogP contribution in [0, 0.1) is 11.2 Å². The lowest BCUT2D eigenvalue weighted by Crippen LogP contribution is -2.24. The Bertz CT molecular complexity index is 1240. The quantitative estimate of drug-likeness (QED) is 0.433. The first kappa shape index (κ1) is 20.2. The van der Waals surface area contributed by atoms with Crippen molar-refractivity contribution in [3.05, 3.63) is 107 Å². The molecule has 0 saturated carbocycles. The highest BCUT2D eigenvalue weighted by Gasteiger charge is 2.18. The fraction of sp³-hybridized carbons (Fsp3) is 0.0833.